The summed E-state index contributed by atoms with van der Waals surface area (Å²) >= 11 is 0. The molecule has 1 spiro atoms. The third-order valence-corrected chi connectivity index (χ3v) is 10.4. The second-order valence-electron chi connectivity index (χ2n) is 12.9. The highest BCUT2D eigenvalue weighted by molar-refractivity contribution is 5.98. The summed E-state index contributed by atoms with van der Waals surface area (Å²) in [4.78, 5) is 2.47. The Labute approximate surface area is 281 Å². The van der Waals surface area contributed by atoms with E-state index in [4.69, 9.17) is 0 Å². The summed E-state index contributed by atoms with van der Waals surface area (Å²) in [6, 6.07) is 69.4. The van der Waals surface area contributed by atoms with Crippen LogP contribution in [0.3, 0.4) is 0 Å². The van der Waals surface area contributed by atoms with Crippen molar-refractivity contribution in [3.8, 4) is 33.4 Å². The molecule has 1 nitrogen and oxygen atoms in total. The van der Waals surface area contributed by atoms with Gasteiger partial charge in [0.2, 0.25) is 0 Å². The van der Waals surface area contributed by atoms with Gasteiger partial charge in [-0.25, -0.2) is 0 Å². The second kappa shape index (κ2) is 10.4. The molecule has 8 aromatic rings. The lowest BCUT2D eigenvalue weighted by Gasteiger charge is -2.45. The average molecular weight is 610 g/mol. The Kier molecular flexibility index (Phi) is 5.86. The maximum atomic E-state index is 2.47. The number of para-hydroxylation sites is 2. The highest BCUT2D eigenvalue weighted by Crippen LogP contribution is 2.64. The van der Waals surface area contributed by atoms with Gasteiger partial charge in [-0.1, -0.05) is 152 Å². The van der Waals surface area contributed by atoms with Gasteiger partial charge in [-0.15, -0.1) is 0 Å². The Morgan fingerprint density at radius 2 is 0.792 bits per heavy atom. The Balaban J connectivity index is 1.31. The Bertz CT molecular complexity index is 2370. The van der Waals surface area contributed by atoms with Crippen LogP contribution in [-0.4, -0.2) is 0 Å². The molecule has 0 atom stereocenters. The molecule has 0 saturated heterocycles. The van der Waals surface area contributed by atoms with E-state index >= 15 is 0 Å². The van der Waals surface area contributed by atoms with Crippen molar-refractivity contribution in [1.82, 2.24) is 0 Å². The molecular formula is C47H31N. The molecule has 1 heteroatoms. The van der Waals surface area contributed by atoms with Crippen molar-refractivity contribution >= 4 is 27.8 Å². The van der Waals surface area contributed by atoms with Gasteiger partial charge in [0, 0.05) is 5.69 Å². The third kappa shape index (κ3) is 3.79. The smallest absolute Gasteiger partial charge is 0.0754 e. The highest BCUT2D eigenvalue weighted by atomic mass is 15.2. The van der Waals surface area contributed by atoms with Crippen LogP contribution in [0, 0.1) is 0 Å². The first kappa shape index (κ1) is 27.0. The molecule has 1 heterocycles. The minimum Gasteiger partial charge on any atom is -0.310 e. The van der Waals surface area contributed by atoms with Crippen molar-refractivity contribution in [1.29, 1.82) is 0 Å². The number of benzene rings is 8. The van der Waals surface area contributed by atoms with Gasteiger partial charge in [0.1, 0.15) is 0 Å². The molecule has 2 aliphatic rings. The van der Waals surface area contributed by atoms with Crippen LogP contribution in [0.25, 0.3) is 44.2 Å². The van der Waals surface area contributed by atoms with Crippen molar-refractivity contribution in [3.63, 3.8) is 0 Å². The molecule has 10 rings (SSSR count). The van der Waals surface area contributed by atoms with E-state index in [1.54, 1.807) is 0 Å². The van der Waals surface area contributed by atoms with Gasteiger partial charge in [-0.3, -0.25) is 0 Å². The zero-order valence-corrected chi connectivity index (χ0v) is 26.3. The number of hydrogen-bond donors (Lipinski definition) is 0. The average Bonchev–Trinajstić information content (AvgIpc) is 3.45. The molecule has 0 radical (unpaired) electrons. The first-order valence-corrected chi connectivity index (χ1v) is 16.7. The van der Waals surface area contributed by atoms with Crippen LogP contribution in [-0.2, 0) is 5.41 Å². The third-order valence-electron chi connectivity index (χ3n) is 10.4. The van der Waals surface area contributed by atoms with Crippen LogP contribution in [0.15, 0.2) is 188 Å². The molecular weight excluding hydrogens is 579 g/mol. The van der Waals surface area contributed by atoms with Crippen molar-refractivity contribution in [3.05, 3.63) is 210 Å². The number of anilines is 3. The monoisotopic (exact) mass is 609 g/mol. The van der Waals surface area contributed by atoms with Gasteiger partial charge in [-0.05, 0) is 103 Å². The summed E-state index contributed by atoms with van der Waals surface area (Å²) in [5.74, 6) is 0. The SMILES string of the molecule is c1ccc(-c2ccc3c(c2)C2(c4cc(-c5ccccc5)ccc4-3)c3ccccc3N(c3ccc4ccccc4c3)c3ccccc32)cc1. The molecule has 224 valence electrons. The fourth-order valence-corrected chi connectivity index (χ4v) is 8.36. The topological polar surface area (TPSA) is 3.24 Å². The van der Waals surface area contributed by atoms with Crippen molar-refractivity contribution < 1.29 is 0 Å². The van der Waals surface area contributed by atoms with Gasteiger partial charge in [-0.2, -0.15) is 0 Å². The molecule has 0 unspecified atom stereocenters. The van der Waals surface area contributed by atoms with Crippen LogP contribution >= 0.6 is 0 Å². The predicted octanol–water partition coefficient (Wildman–Crippen LogP) is 12.3. The lowest BCUT2D eigenvalue weighted by atomic mass is 9.64. The molecule has 0 amide bonds. The Morgan fingerprint density at radius 1 is 0.312 bits per heavy atom. The van der Waals surface area contributed by atoms with Gasteiger partial charge in [0.25, 0.3) is 0 Å². The van der Waals surface area contributed by atoms with E-state index in [0.717, 1.165) is 5.69 Å². The Morgan fingerprint density at radius 3 is 1.35 bits per heavy atom. The molecule has 0 N–H and O–H groups in total. The zero-order valence-electron chi connectivity index (χ0n) is 26.3. The van der Waals surface area contributed by atoms with E-state index in [1.807, 2.05) is 0 Å². The predicted molar refractivity (Wildman–Crippen MR) is 200 cm³/mol. The van der Waals surface area contributed by atoms with E-state index < -0.39 is 5.41 Å². The summed E-state index contributed by atoms with van der Waals surface area (Å²) in [6.07, 6.45) is 0. The minimum absolute atomic E-state index is 0.513. The normalized spacial score (nSPS) is 13.5. The fraction of sp³-hybridized carbons (Fsp3) is 0.0213. The minimum atomic E-state index is -0.513. The van der Waals surface area contributed by atoms with Crippen LogP contribution in [0.1, 0.15) is 22.3 Å². The molecule has 0 saturated carbocycles. The summed E-state index contributed by atoms with van der Waals surface area (Å²) in [7, 11) is 0. The molecule has 8 aromatic carbocycles. The number of rotatable bonds is 3. The summed E-state index contributed by atoms with van der Waals surface area (Å²) in [5.41, 5.74) is 15.9. The quantitative estimate of drug-likeness (QED) is 0.193. The van der Waals surface area contributed by atoms with Crippen LogP contribution in [0.4, 0.5) is 17.1 Å². The standard InChI is InChI=1S/C47H31N/c1-3-13-32(14-4-1)36-24-27-39-40-28-25-37(33-15-5-2-6-16-33)31-44(40)47(43(39)30-36)41-19-9-11-21-45(41)48(46-22-12-10-20-42(46)47)38-26-23-34-17-7-8-18-35(34)29-38/h1-31H. The van der Waals surface area contributed by atoms with Gasteiger partial charge < -0.3 is 4.90 Å². The zero-order chi connectivity index (χ0) is 31.7. The molecule has 48 heavy (non-hydrogen) atoms. The first-order chi connectivity index (χ1) is 23.8. The van der Waals surface area contributed by atoms with E-state index in [-0.39, 0.29) is 0 Å². The maximum Gasteiger partial charge on any atom is 0.0754 e. The van der Waals surface area contributed by atoms with Crippen molar-refractivity contribution in [2.24, 2.45) is 0 Å². The highest BCUT2D eigenvalue weighted by Gasteiger charge is 2.51. The van der Waals surface area contributed by atoms with E-state index in [0.29, 0.717) is 0 Å². The van der Waals surface area contributed by atoms with E-state index in [2.05, 4.69) is 193 Å². The van der Waals surface area contributed by atoms with Gasteiger partial charge in [0.15, 0.2) is 0 Å². The maximum absolute atomic E-state index is 2.47. The Hall–Kier alpha value is -6.18. The first-order valence-electron chi connectivity index (χ1n) is 16.7. The van der Waals surface area contributed by atoms with Crippen LogP contribution < -0.4 is 4.90 Å². The van der Waals surface area contributed by atoms with Crippen LogP contribution in [0.2, 0.25) is 0 Å². The number of fused-ring (bicyclic) bond motifs is 10. The second-order valence-corrected chi connectivity index (χ2v) is 12.9. The number of hydrogen-bond acceptors (Lipinski definition) is 1. The summed E-state index contributed by atoms with van der Waals surface area (Å²) in [6.45, 7) is 0. The molecule has 1 aliphatic carbocycles. The molecule has 1 aliphatic heterocycles. The number of nitrogens with zero attached hydrogens (tertiary/aromatic N) is 1. The largest absolute Gasteiger partial charge is 0.310 e. The lowest BCUT2D eigenvalue weighted by Crippen LogP contribution is -2.36. The van der Waals surface area contributed by atoms with Crippen molar-refractivity contribution in [2.45, 2.75) is 5.41 Å². The molecule has 0 fully saturated rings. The van der Waals surface area contributed by atoms with Crippen molar-refractivity contribution in [2.75, 3.05) is 4.90 Å². The fourth-order valence-electron chi connectivity index (χ4n) is 8.36. The lowest BCUT2D eigenvalue weighted by molar-refractivity contribution is 0.753. The van der Waals surface area contributed by atoms with E-state index in [1.165, 1.54) is 77.8 Å². The summed E-state index contributed by atoms with van der Waals surface area (Å²) < 4.78 is 0. The van der Waals surface area contributed by atoms with Crippen LogP contribution in [0.5, 0.6) is 0 Å². The van der Waals surface area contributed by atoms with Gasteiger partial charge >= 0.3 is 0 Å². The molecule has 0 aromatic heterocycles. The van der Waals surface area contributed by atoms with Gasteiger partial charge in [0.05, 0.1) is 16.8 Å². The molecule has 0 bridgehead atoms. The summed E-state index contributed by atoms with van der Waals surface area (Å²) in [5, 5.41) is 2.48. The van der Waals surface area contributed by atoms with E-state index in [9.17, 15) is 0 Å².